The predicted octanol–water partition coefficient (Wildman–Crippen LogP) is 6.78. The first-order valence-corrected chi connectivity index (χ1v) is 16.0. The van der Waals surface area contributed by atoms with Crippen LogP contribution in [-0.2, 0) is 16.0 Å². The zero-order valence-corrected chi connectivity index (χ0v) is 27.3. The van der Waals surface area contributed by atoms with E-state index in [1.807, 2.05) is 36.4 Å². The quantitative estimate of drug-likeness (QED) is 0.158. The maximum absolute atomic E-state index is 13.7. The summed E-state index contributed by atoms with van der Waals surface area (Å²) in [5, 5.41) is 2.84. The van der Waals surface area contributed by atoms with E-state index in [4.69, 9.17) is 24.7 Å². The van der Waals surface area contributed by atoms with Crippen molar-refractivity contribution in [2.45, 2.75) is 32.1 Å². The van der Waals surface area contributed by atoms with Crippen LogP contribution in [0.4, 0.5) is 15.9 Å². The van der Waals surface area contributed by atoms with Gasteiger partial charge >= 0.3 is 0 Å². The highest BCUT2D eigenvalue weighted by Gasteiger charge is 2.19. The number of pyridine rings is 2. The molecule has 0 aliphatic carbocycles. The van der Waals surface area contributed by atoms with Crippen molar-refractivity contribution in [3.63, 3.8) is 0 Å². The van der Waals surface area contributed by atoms with Gasteiger partial charge in [-0.05, 0) is 78.4 Å². The molecule has 11 heteroatoms. The molecule has 10 nitrogen and oxygen atoms in total. The molecule has 1 unspecified atom stereocenters. The number of nitrogens with two attached hydrogens (primary N) is 1. The molecule has 49 heavy (non-hydrogen) atoms. The number of methoxy groups -OCH3 is 2. The Morgan fingerprint density at radius 1 is 0.918 bits per heavy atom. The highest BCUT2D eigenvalue weighted by molar-refractivity contribution is 6.04. The number of hydrogen-bond donors (Lipinski definition) is 2. The minimum atomic E-state index is -0.580. The number of amides is 1. The first-order chi connectivity index (χ1) is 23.8. The lowest BCUT2D eigenvalue weighted by molar-refractivity contribution is -0.163. The van der Waals surface area contributed by atoms with Gasteiger partial charge in [0.05, 0.1) is 20.8 Å². The number of nitrogen functional groups attached to an aromatic ring is 1. The highest BCUT2D eigenvalue weighted by atomic mass is 19.1. The number of nitrogens with zero attached hydrogens (tertiary/aromatic N) is 2. The number of halogens is 1. The van der Waals surface area contributed by atoms with Crippen molar-refractivity contribution in [3.8, 4) is 44.9 Å². The van der Waals surface area contributed by atoms with E-state index in [1.165, 1.54) is 30.5 Å². The summed E-state index contributed by atoms with van der Waals surface area (Å²) in [7, 11) is 3.16. The summed E-state index contributed by atoms with van der Waals surface area (Å²) in [6.07, 6.45) is 7.47. The zero-order valence-electron chi connectivity index (χ0n) is 27.3. The van der Waals surface area contributed by atoms with Crippen LogP contribution >= 0.6 is 0 Å². The normalized spacial score (nSPS) is 14.3. The van der Waals surface area contributed by atoms with Gasteiger partial charge in [-0.25, -0.2) is 9.37 Å². The molecule has 1 amide bonds. The van der Waals surface area contributed by atoms with E-state index in [-0.39, 0.29) is 17.4 Å². The molecule has 6 rings (SSSR count). The average molecular weight is 665 g/mol. The van der Waals surface area contributed by atoms with Gasteiger partial charge in [-0.1, -0.05) is 30.3 Å². The fraction of sp³-hybridized carbons (Fsp3) is 0.237. The number of ether oxygens (including phenoxy) is 4. The van der Waals surface area contributed by atoms with E-state index in [0.29, 0.717) is 53.9 Å². The maximum Gasteiger partial charge on any atom is 0.261 e. The van der Waals surface area contributed by atoms with Crippen molar-refractivity contribution in [1.82, 2.24) is 9.55 Å². The fourth-order valence-electron chi connectivity index (χ4n) is 5.70. The van der Waals surface area contributed by atoms with Gasteiger partial charge in [0.1, 0.15) is 17.2 Å². The Morgan fingerprint density at radius 2 is 1.63 bits per heavy atom. The van der Waals surface area contributed by atoms with E-state index in [9.17, 15) is 14.0 Å². The second kappa shape index (κ2) is 15.1. The molecule has 2 aromatic heterocycles. The molecule has 0 spiro atoms. The summed E-state index contributed by atoms with van der Waals surface area (Å²) in [6.45, 7) is 1.37. The van der Waals surface area contributed by atoms with Crippen LogP contribution in [0.2, 0.25) is 0 Å². The second-order valence-corrected chi connectivity index (χ2v) is 11.6. The van der Waals surface area contributed by atoms with Crippen molar-refractivity contribution in [2.24, 2.45) is 0 Å². The summed E-state index contributed by atoms with van der Waals surface area (Å²) in [5.41, 5.74) is 10.2. The Morgan fingerprint density at radius 3 is 2.35 bits per heavy atom. The molecule has 1 aliphatic rings. The lowest BCUT2D eigenvalue weighted by Gasteiger charge is -2.23. The van der Waals surface area contributed by atoms with Crippen molar-refractivity contribution in [2.75, 3.05) is 38.5 Å². The SMILES string of the molecule is COc1ccc(-c2cnc(N)c(-c3ccc(NC(=O)c4cn(CCOC5CCCCO5)cc(-c5ccc(F)cc5)c4=O)cc3)c2)cc1OC. The predicted molar refractivity (Wildman–Crippen MR) is 186 cm³/mol. The number of benzene rings is 3. The monoisotopic (exact) mass is 664 g/mol. The molecule has 252 valence electrons. The van der Waals surface area contributed by atoms with Crippen LogP contribution in [0.1, 0.15) is 29.6 Å². The Labute approximate surface area is 283 Å². The molecule has 3 N–H and O–H groups in total. The Balaban J connectivity index is 1.23. The number of aromatic nitrogens is 2. The van der Waals surface area contributed by atoms with Gasteiger partial charge in [-0.3, -0.25) is 9.59 Å². The standard InChI is InChI=1S/C38H37FN4O6/c1-46-33-15-10-26(20-34(33)47-2)27-19-30(37(40)41-21-27)24-8-13-29(14-9-24)42-38(45)32-23-43(16-18-49-35-5-3-4-17-48-35)22-31(36(32)44)25-6-11-28(39)12-7-25/h6-15,19-23,35H,3-5,16-18H2,1-2H3,(H2,40,41)(H,42,45). The number of carbonyl (C=O) groups is 1. The molecule has 3 aromatic carbocycles. The Hall–Kier alpha value is -5.52. The van der Waals surface area contributed by atoms with Crippen LogP contribution in [0.25, 0.3) is 33.4 Å². The first-order valence-electron chi connectivity index (χ1n) is 16.0. The van der Waals surface area contributed by atoms with Crippen LogP contribution < -0.4 is 26.0 Å². The number of carbonyl (C=O) groups excluding carboxylic acids is 1. The molecule has 1 fully saturated rings. The topological polar surface area (TPSA) is 127 Å². The van der Waals surface area contributed by atoms with Crippen LogP contribution in [0.5, 0.6) is 11.5 Å². The van der Waals surface area contributed by atoms with Gasteiger partial charge in [-0.15, -0.1) is 0 Å². The lowest BCUT2D eigenvalue weighted by Crippen LogP contribution is -2.26. The van der Waals surface area contributed by atoms with Crippen LogP contribution in [0, 0.1) is 5.82 Å². The zero-order chi connectivity index (χ0) is 34.3. The van der Waals surface area contributed by atoms with Crippen LogP contribution in [-0.4, -0.2) is 49.2 Å². The average Bonchev–Trinajstić information content (AvgIpc) is 3.13. The molecule has 0 radical (unpaired) electrons. The third kappa shape index (κ3) is 7.80. The molecule has 0 saturated carbocycles. The summed E-state index contributed by atoms with van der Waals surface area (Å²) in [4.78, 5) is 31.6. The Bertz CT molecular complexity index is 1990. The molecule has 0 bridgehead atoms. The third-order valence-corrected chi connectivity index (χ3v) is 8.36. The number of rotatable bonds is 11. The van der Waals surface area contributed by atoms with Crippen LogP contribution in [0.15, 0.2) is 96.2 Å². The second-order valence-electron chi connectivity index (χ2n) is 11.6. The first kappa shape index (κ1) is 33.4. The van der Waals surface area contributed by atoms with Gasteiger partial charge in [0.15, 0.2) is 17.8 Å². The molecular formula is C38H37FN4O6. The van der Waals surface area contributed by atoms with E-state index in [0.717, 1.165) is 36.0 Å². The van der Waals surface area contributed by atoms with Gasteiger partial charge in [0, 0.05) is 54.1 Å². The number of nitrogens with one attached hydrogen (secondary N) is 1. The summed E-state index contributed by atoms with van der Waals surface area (Å²) >= 11 is 0. The van der Waals surface area contributed by atoms with Crippen molar-refractivity contribution in [3.05, 3.63) is 113 Å². The van der Waals surface area contributed by atoms with Crippen molar-refractivity contribution >= 4 is 17.4 Å². The van der Waals surface area contributed by atoms with E-state index >= 15 is 0 Å². The molecular weight excluding hydrogens is 627 g/mol. The van der Waals surface area contributed by atoms with Gasteiger partial charge in [0.25, 0.3) is 5.91 Å². The largest absolute Gasteiger partial charge is 0.493 e. The highest BCUT2D eigenvalue weighted by Crippen LogP contribution is 2.35. The van der Waals surface area contributed by atoms with E-state index < -0.39 is 17.2 Å². The minimum Gasteiger partial charge on any atom is -0.493 e. The molecule has 1 aliphatic heterocycles. The molecule has 5 aromatic rings. The van der Waals surface area contributed by atoms with E-state index in [2.05, 4.69) is 10.3 Å². The number of anilines is 2. The molecule has 1 atom stereocenters. The van der Waals surface area contributed by atoms with Gasteiger partial charge in [0.2, 0.25) is 5.43 Å². The summed E-state index contributed by atoms with van der Waals surface area (Å²) < 4.78 is 37.8. The summed E-state index contributed by atoms with van der Waals surface area (Å²) in [5.74, 6) is 0.553. The fourth-order valence-corrected chi connectivity index (χ4v) is 5.70. The smallest absolute Gasteiger partial charge is 0.261 e. The third-order valence-electron chi connectivity index (χ3n) is 8.36. The summed E-state index contributed by atoms with van der Waals surface area (Å²) in [6, 6.07) is 20.2. The van der Waals surface area contributed by atoms with E-state index in [1.54, 1.807) is 43.3 Å². The lowest BCUT2D eigenvalue weighted by atomic mass is 10.0. The van der Waals surface area contributed by atoms with Crippen LogP contribution in [0.3, 0.4) is 0 Å². The van der Waals surface area contributed by atoms with Gasteiger partial charge < -0.3 is 34.6 Å². The van der Waals surface area contributed by atoms with Gasteiger partial charge in [-0.2, -0.15) is 0 Å². The Kier molecular flexibility index (Phi) is 10.3. The van der Waals surface area contributed by atoms with Crippen molar-refractivity contribution in [1.29, 1.82) is 0 Å². The molecule has 3 heterocycles. The number of hydrogen-bond acceptors (Lipinski definition) is 8. The van der Waals surface area contributed by atoms with Crippen molar-refractivity contribution < 1.29 is 28.1 Å². The minimum absolute atomic E-state index is 0.0594. The maximum atomic E-state index is 13.7. The molecule has 1 saturated heterocycles.